The number of halogens is 1. The minimum atomic E-state index is -0.950. The lowest BCUT2D eigenvalue weighted by Gasteiger charge is -2.65. The van der Waals surface area contributed by atoms with Crippen LogP contribution < -0.4 is 15.0 Å². The third-order valence-corrected chi connectivity index (χ3v) is 6.28. The molecule has 1 N–H and O–H groups in total. The number of carbonyl (C=O) groups is 1. The van der Waals surface area contributed by atoms with Gasteiger partial charge in [0.15, 0.2) is 11.6 Å². The molecule has 146 valence electrons. The number of likely N-dealkylation sites (N-methyl/N-ethyl adjacent to an activating group) is 1. The molecule has 8 nitrogen and oxygen atoms in total. The zero-order valence-electron chi connectivity index (χ0n) is 15.3. The first-order valence-corrected chi connectivity index (χ1v) is 9.52. The van der Waals surface area contributed by atoms with Gasteiger partial charge in [0.2, 0.25) is 5.82 Å². The highest BCUT2D eigenvalue weighted by atomic mass is 32.1. The number of nitrogens with one attached hydrogen (secondary N) is 1. The maximum Gasteiger partial charge on any atom is 0.291 e. The summed E-state index contributed by atoms with van der Waals surface area (Å²) in [6.07, 6.45) is 4.92. The number of hydrogen-bond acceptors (Lipinski definition) is 6. The van der Waals surface area contributed by atoms with E-state index in [0.29, 0.717) is 42.4 Å². The van der Waals surface area contributed by atoms with Crippen LogP contribution in [0.4, 0.5) is 10.2 Å². The van der Waals surface area contributed by atoms with E-state index in [1.165, 1.54) is 6.33 Å². The van der Waals surface area contributed by atoms with Crippen molar-refractivity contribution in [1.29, 1.82) is 0 Å². The van der Waals surface area contributed by atoms with E-state index in [9.17, 15) is 9.18 Å². The molecule has 1 aliphatic heterocycles. The molecule has 2 bridgehead atoms. The van der Waals surface area contributed by atoms with Crippen LogP contribution in [0.3, 0.4) is 0 Å². The highest BCUT2D eigenvalue weighted by Gasteiger charge is 2.69. The van der Waals surface area contributed by atoms with Gasteiger partial charge in [-0.15, -0.1) is 5.10 Å². The number of thiocarbonyl (C=S) groups is 1. The second-order valence-electron chi connectivity index (χ2n) is 8.01. The third kappa shape index (κ3) is 2.74. The summed E-state index contributed by atoms with van der Waals surface area (Å²) in [7, 11) is 1.79. The van der Waals surface area contributed by atoms with Crippen LogP contribution in [0.5, 0.6) is 5.75 Å². The second kappa shape index (κ2) is 5.94. The van der Waals surface area contributed by atoms with Crippen LogP contribution in [-0.2, 0) is 6.54 Å². The lowest BCUT2D eigenvalue weighted by atomic mass is 9.42. The molecular formula is C18H19FN6O2S. The number of nitrogens with zero attached hydrogens (tertiary/aromatic N) is 5. The van der Waals surface area contributed by atoms with Crippen molar-refractivity contribution >= 4 is 28.9 Å². The molecule has 3 aliphatic carbocycles. The third-order valence-electron chi connectivity index (χ3n) is 5.72. The van der Waals surface area contributed by atoms with Gasteiger partial charge in [0.05, 0.1) is 0 Å². The molecule has 3 fully saturated rings. The van der Waals surface area contributed by atoms with Gasteiger partial charge in [-0.3, -0.25) is 9.48 Å². The fraction of sp³-hybridized carbons (Fsp3) is 0.500. The lowest BCUT2D eigenvalue weighted by molar-refractivity contribution is -0.221. The van der Waals surface area contributed by atoms with E-state index in [2.05, 4.69) is 20.4 Å². The summed E-state index contributed by atoms with van der Waals surface area (Å²) in [6.45, 7) is 0.781. The fourth-order valence-corrected chi connectivity index (χ4v) is 4.72. The summed E-state index contributed by atoms with van der Waals surface area (Å²) in [5.41, 5.74) is -0.956. The second-order valence-corrected chi connectivity index (χ2v) is 8.42. The maximum absolute atomic E-state index is 13.7. The van der Waals surface area contributed by atoms with E-state index in [4.69, 9.17) is 17.0 Å². The molecular weight excluding hydrogens is 383 g/mol. The molecule has 28 heavy (non-hydrogen) atoms. The summed E-state index contributed by atoms with van der Waals surface area (Å²) in [5, 5.41) is 7.10. The number of aromatic nitrogens is 4. The van der Waals surface area contributed by atoms with Crippen LogP contribution in [0.1, 0.15) is 29.9 Å². The van der Waals surface area contributed by atoms with E-state index < -0.39 is 17.6 Å². The SMILES string of the molecule is CN1C(=S)[C@@H](NC(=O)c2ncn(CC34CC(F)(C3)C4)n2)COc2cccnc21. The molecule has 1 amide bonds. The van der Waals surface area contributed by atoms with Gasteiger partial charge in [0, 0.05) is 19.8 Å². The lowest BCUT2D eigenvalue weighted by Crippen LogP contribution is -2.65. The predicted molar refractivity (Wildman–Crippen MR) is 102 cm³/mol. The molecule has 4 aliphatic rings. The Hall–Kier alpha value is -2.62. The average molecular weight is 402 g/mol. The number of carbonyl (C=O) groups excluding carboxylic acids is 1. The number of alkyl halides is 1. The van der Waals surface area contributed by atoms with Crippen LogP contribution in [0.15, 0.2) is 24.7 Å². The van der Waals surface area contributed by atoms with Gasteiger partial charge >= 0.3 is 0 Å². The van der Waals surface area contributed by atoms with Crippen molar-refractivity contribution in [3.63, 3.8) is 0 Å². The van der Waals surface area contributed by atoms with Gasteiger partial charge in [-0.2, -0.15) is 0 Å². The van der Waals surface area contributed by atoms with Crippen molar-refractivity contribution in [2.75, 3.05) is 18.6 Å². The molecule has 0 saturated heterocycles. The first-order chi connectivity index (χ1) is 13.4. The standard InChI is InChI=1S/C18H19FN6O2S/c1-24-14-12(3-2-4-20-14)27-5-11(16(24)28)22-15(26)13-21-10-25(23-13)9-17-6-18(19,7-17)8-17/h2-4,10-11H,5-9H2,1H3,(H,22,26)/t11-,17?,18?/m0/s1. The largest absolute Gasteiger partial charge is 0.487 e. The summed E-state index contributed by atoms with van der Waals surface area (Å²) in [6, 6.07) is 3.07. The van der Waals surface area contributed by atoms with Gasteiger partial charge in [-0.25, -0.2) is 14.4 Å². The van der Waals surface area contributed by atoms with Crippen molar-refractivity contribution in [2.45, 2.75) is 37.5 Å². The van der Waals surface area contributed by atoms with Gasteiger partial charge in [-0.1, -0.05) is 12.2 Å². The Kier molecular flexibility index (Phi) is 3.71. The Morgan fingerprint density at radius 1 is 1.43 bits per heavy atom. The topological polar surface area (TPSA) is 85.2 Å². The number of fused-ring (bicyclic) bond motifs is 1. The number of amides is 1. The van der Waals surface area contributed by atoms with E-state index in [1.54, 1.807) is 35.0 Å². The quantitative estimate of drug-likeness (QED) is 0.776. The molecule has 6 rings (SSSR count). The maximum atomic E-state index is 13.7. The van der Waals surface area contributed by atoms with Gasteiger partial charge in [0.1, 0.15) is 29.6 Å². The number of hydrogen-bond donors (Lipinski definition) is 1. The average Bonchev–Trinajstić information content (AvgIpc) is 3.06. The van der Waals surface area contributed by atoms with Crippen LogP contribution in [0, 0.1) is 5.41 Å². The van der Waals surface area contributed by atoms with Gasteiger partial charge in [0.25, 0.3) is 5.91 Å². The number of ether oxygens (including phenoxy) is 1. The first-order valence-electron chi connectivity index (χ1n) is 9.11. The van der Waals surface area contributed by atoms with Gasteiger partial charge in [-0.05, 0) is 36.8 Å². The molecule has 1 atom stereocenters. The summed E-state index contributed by atoms with van der Waals surface area (Å²) in [5.74, 6) is 0.847. The molecule has 0 aromatic carbocycles. The molecule has 10 heteroatoms. The molecule has 3 heterocycles. The van der Waals surface area contributed by atoms with Crippen molar-refractivity contribution < 1.29 is 13.9 Å². The summed E-state index contributed by atoms with van der Waals surface area (Å²) >= 11 is 5.51. The van der Waals surface area contributed by atoms with Crippen LogP contribution in [-0.4, -0.2) is 56.0 Å². The Morgan fingerprint density at radius 2 is 2.21 bits per heavy atom. The predicted octanol–water partition coefficient (Wildman–Crippen LogP) is 1.52. The van der Waals surface area contributed by atoms with Crippen LogP contribution in [0.25, 0.3) is 0 Å². The minimum absolute atomic E-state index is 0.00558. The fourth-order valence-electron chi connectivity index (χ4n) is 4.50. The molecule has 0 unspecified atom stereocenters. The van der Waals surface area contributed by atoms with E-state index in [1.807, 2.05) is 0 Å². The van der Waals surface area contributed by atoms with Crippen molar-refractivity contribution in [3.8, 4) is 5.75 Å². The highest BCUT2D eigenvalue weighted by Crippen LogP contribution is 2.70. The van der Waals surface area contributed by atoms with Crippen molar-refractivity contribution in [2.24, 2.45) is 5.41 Å². The molecule has 0 spiro atoms. The molecule has 2 aromatic heterocycles. The monoisotopic (exact) mass is 402 g/mol. The normalized spacial score (nSPS) is 30.4. The Morgan fingerprint density at radius 3 is 2.96 bits per heavy atom. The molecule has 3 saturated carbocycles. The first kappa shape index (κ1) is 17.5. The Balaban J connectivity index is 1.25. The van der Waals surface area contributed by atoms with Crippen molar-refractivity contribution in [1.82, 2.24) is 25.1 Å². The van der Waals surface area contributed by atoms with Crippen LogP contribution >= 0.6 is 12.2 Å². The highest BCUT2D eigenvalue weighted by molar-refractivity contribution is 7.80. The van der Waals surface area contributed by atoms with Crippen molar-refractivity contribution in [3.05, 3.63) is 30.5 Å². The zero-order chi connectivity index (χ0) is 19.5. The number of rotatable bonds is 4. The van der Waals surface area contributed by atoms with E-state index in [-0.39, 0.29) is 17.8 Å². The van der Waals surface area contributed by atoms with Crippen LogP contribution in [0.2, 0.25) is 0 Å². The number of anilines is 1. The molecule has 0 radical (unpaired) electrons. The smallest absolute Gasteiger partial charge is 0.291 e. The zero-order valence-corrected chi connectivity index (χ0v) is 16.1. The summed E-state index contributed by atoms with van der Waals surface area (Å²) in [4.78, 5) is 23.2. The molecule has 2 aromatic rings. The Labute approximate surface area is 166 Å². The minimum Gasteiger partial charge on any atom is -0.487 e. The van der Waals surface area contributed by atoms with Gasteiger partial charge < -0.3 is 15.0 Å². The van der Waals surface area contributed by atoms with E-state index >= 15 is 0 Å². The van der Waals surface area contributed by atoms with E-state index in [0.717, 1.165) is 0 Å². The number of pyridine rings is 1. The summed E-state index contributed by atoms with van der Waals surface area (Å²) < 4.78 is 21.1. The Bertz CT molecular complexity index is 959.